The lowest BCUT2D eigenvalue weighted by atomic mass is 9.98. The second-order valence-corrected chi connectivity index (χ2v) is 10.1. The molecule has 3 rings (SSSR count). The molecule has 42 heavy (non-hydrogen) atoms. The van der Waals surface area contributed by atoms with Crippen LogP contribution in [0.3, 0.4) is 0 Å². The second kappa shape index (κ2) is 17.2. The minimum absolute atomic E-state index is 0.0255. The Morgan fingerprint density at radius 3 is 2.40 bits per heavy atom. The van der Waals surface area contributed by atoms with Crippen LogP contribution in [0.5, 0.6) is 5.75 Å². The zero-order chi connectivity index (χ0) is 31.2. The summed E-state index contributed by atoms with van der Waals surface area (Å²) in [4.78, 5) is 25.3. The molecule has 2 heterocycles. The standard InChI is InChI=1S/C28H37ClFN7O2.C3H8/c1-6-9-32-26(18(4)7-2)19(8-3)25-27(31)34-17-35-28(25)33-16-24(38)37-12-10-36(11-13-37)22-15-23(39-5)20(29)14-21(22)30;1-3-2/h6,8-9,14-15,17,32H,7,10-13,16H2,1-5H3,(H3,31,33,34,35);3H2,1-2H3/b9-6-,19-8-,26-18?;. The summed E-state index contributed by atoms with van der Waals surface area (Å²) in [7, 11) is 1.49. The van der Waals surface area contributed by atoms with Crippen LogP contribution in [0.25, 0.3) is 5.57 Å². The van der Waals surface area contributed by atoms with Gasteiger partial charge >= 0.3 is 0 Å². The lowest BCUT2D eigenvalue weighted by Crippen LogP contribution is -2.50. The number of ether oxygens (including phenoxy) is 1. The van der Waals surface area contributed by atoms with Gasteiger partial charge in [0.25, 0.3) is 0 Å². The van der Waals surface area contributed by atoms with Crippen molar-refractivity contribution in [1.29, 1.82) is 0 Å². The van der Waals surface area contributed by atoms with Crippen molar-refractivity contribution >= 4 is 40.4 Å². The summed E-state index contributed by atoms with van der Waals surface area (Å²) in [5.74, 6) is 0.671. The highest BCUT2D eigenvalue weighted by Gasteiger charge is 2.25. The van der Waals surface area contributed by atoms with E-state index in [1.165, 1.54) is 25.9 Å². The van der Waals surface area contributed by atoms with Gasteiger partial charge in [0.1, 0.15) is 29.5 Å². The van der Waals surface area contributed by atoms with E-state index in [2.05, 4.69) is 48.3 Å². The maximum absolute atomic E-state index is 14.6. The molecule has 11 heteroatoms. The third-order valence-corrected chi connectivity index (χ3v) is 6.95. The van der Waals surface area contributed by atoms with Gasteiger partial charge in [0.15, 0.2) is 0 Å². The Bertz CT molecular complexity index is 1290. The molecule has 0 atom stereocenters. The molecule has 0 spiro atoms. The summed E-state index contributed by atoms with van der Waals surface area (Å²) in [5, 5.41) is 6.73. The van der Waals surface area contributed by atoms with E-state index in [1.54, 1.807) is 11.0 Å². The van der Waals surface area contributed by atoms with Crippen molar-refractivity contribution in [2.24, 2.45) is 0 Å². The van der Waals surface area contributed by atoms with Gasteiger partial charge in [-0.2, -0.15) is 0 Å². The molecule has 1 amide bonds. The number of piperazine rings is 1. The zero-order valence-electron chi connectivity index (χ0n) is 25.9. The van der Waals surface area contributed by atoms with Gasteiger partial charge < -0.3 is 30.9 Å². The number of benzene rings is 1. The average Bonchev–Trinajstić information content (AvgIpc) is 2.99. The molecule has 0 radical (unpaired) electrons. The largest absolute Gasteiger partial charge is 0.495 e. The zero-order valence-corrected chi connectivity index (χ0v) is 26.6. The summed E-state index contributed by atoms with van der Waals surface area (Å²) < 4.78 is 19.8. The molecular weight excluding hydrogens is 557 g/mol. The second-order valence-electron chi connectivity index (χ2n) is 9.70. The van der Waals surface area contributed by atoms with E-state index < -0.39 is 5.82 Å². The molecule has 1 aromatic heterocycles. The van der Waals surface area contributed by atoms with E-state index in [0.29, 0.717) is 54.8 Å². The number of hydrogen-bond acceptors (Lipinski definition) is 8. The lowest BCUT2D eigenvalue weighted by molar-refractivity contribution is -0.129. The number of anilines is 3. The van der Waals surface area contributed by atoms with Crippen LogP contribution < -0.4 is 26.0 Å². The van der Waals surface area contributed by atoms with E-state index in [0.717, 1.165) is 23.3 Å². The quantitative estimate of drug-likeness (QED) is 0.274. The first-order valence-corrected chi connectivity index (χ1v) is 14.7. The first-order valence-electron chi connectivity index (χ1n) is 14.3. The summed E-state index contributed by atoms with van der Waals surface area (Å²) in [5.41, 5.74) is 10.2. The fraction of sp³-hybridized carbons (Fsp3) is 0.452. The number of nitrogen functional groups attached to an aromatic ring is 1. The van der Waals surface area contributed by atoms with Crippen molar-refractivity contribution in [3.05, 3.63) is 64.5 Å². The molecule has 230 valence electrons. The van der Waals surface area contributed by atoms with Gasteiger partial charge in [0.05, 0.1) is 29.9 Å². The third kappa shape index (κ3) is 8.85. The molecule has 1 aliphatic rings. The van der Waals surface area contributed by atoms with Gasteiger partial charge in [-0.05, 0) is 45.0 Å². The van der Waals surface area contributed by atoms with Crippen LogP contribution in [0.1, 0.15) is 59.9 Å². The monoisotopic (exact) mass is 601 g/mol. The van der Waals surface area contributed by atoms with Crippen LogP contribution in [0.2, 0.25) is 5.02 Å². The van der Waals surface area contributed by atoms with Crippen LogP contribution in [-0.4, -0.2) is 60.6 Å². The number of methoxy groups -OCH3 is 1. The normalized spacial score (nSPS) is 14.3. The Hall–Kier alpha value is -3.79. The highest BCUT2D eigenvalue weighted by molar-refractivity contribution is 6.32. The van der Waals surface area contributed by atoms with Crippen molar-refractivity contribution in [3.8, 4) is 5.75 Å². The Kier molecular flexibility index (Phi) is 14.1. The van der Waals surface area contributed by atoms with E-state index in [-0.39, 0.29) is 17.5 Å². The number of carbonyl (C=O) groups is 1. The van der Waals surface area contributed by atoms with Crippen LogP contribution >= 0.6 is 11.6 Å². The average molecular weight is 602 g/mol. The molecule has 1 aromatic carbocycles. The Morgan fingerprint density at radius 2 is 1.83 bits per heavy atom. The predicted molar refractivity (Wildman–Crippen MR) is 172 cm³/mol. The van der Waals surface area contributed by atoms with Crippen LogP contribution in [0.4, 0.5) is 21.7 Å². The number of nitrogens with zero attached hydrogens (tertiary/aromatic N) is 4. The van der Waals surface area contributed by atoms with E-state index in [1.807, 2.05) is 37.1 Å². The Morgan fingerprint density at radius 1 is 1.17 bits per heavy atom. The van der Waals surface area contributed by atoms with Crippen LogP contribution in [-0.2, 0) is 4.79 Å². The molecule has 1 fully saturated rings. The molecule has 0 saturated carbocycles. The molecular formula is C31H45ClFN7O2. The predicted octanol–water partition coefficient (Wildman–Crippen LogP) is 6.25. The number of amides is 1. The highest BCUT2D eigenvalue weighted by Crippen LogP contribution is 2.34. The van der Waals surface area contributed by atoms with Crippen molar-refractivity contribution in [3.63, 3.8) is 0 Å². The van der Waals surface area contributed by atoms with Gasteiger partial charge in [-0.3, -0.25) is 4.79 Å². The maximum Gasteiger partial charge on any atom is 0.242 e. The number of allylic oxidation sites excluding steroid dienone is 4. The Balaban J connectivity index is 0.00000197. The van der Waals surface area contributed by atoms with Crippen molar-refractivity contribution in [2.45, 2.75) is 54.4 Å². The number of nitrogens with two attached hydrogens (primary N) is 1. The number of carbonyl (C=O) groups excluding carboxylic acids is 1. The number of rotatable bonds is 10. The minimum Gasteiger partial charge on any atom is -0.495 e. The molecule has 1 saturated heterocycles. The molecule has 0 unspecified atom stereocenters. The van der Waals surface area contributed by atoms with Gasteiger partial charge in [0.2, 0.25) is 5.91 Å². The first kappa shape index (κ1) is 34.4. The van der Waals surface area contributed by atoms with Crippen molar-refractivity contribution in [1.82, 2.24) is 20.2 Å². The van der Waals surface area contributed by atoms with E-state index >= 15 is 0 Å². The molecule has 1 aliphatic heterocycles. The van der Waals surface area contributed by atoms with Crippen LogP contribution in [0, 0.1) is 5.82 Å². The smallest absolute Gasteiger partial charge is 0.242 e. The third-order valence-electron chi connectivity index (χ3n) is 6.66. The molecule has 0 bridgehead atoms. The summed E-state index contributed by atoms with van der Waals surface area (Å²) in [6, 6.07) is 2.84. The van der Waals surface area contributed by atoms with Gasteiger partial charge in [-0.15, -0.1) is 0 Å². The van der Waals surface area contributed by atoms with E-state index in [4.69, 9.17) is 22.1 Å². The maximum atomic E-state index is 14.6. The fourth-order valence-electron chi connectivity index (χ4n) is 4.37. The van der Waals surface area contributed by atoms with Crippen LogP contribution in [0.15, 0.2) is 48.1 Å². The molecule has 0 aliphatic carbocycles. The number of hydrogen-bond donors (Lipinski definition) is 3. The highest BCUT2D eigenvalue weighted by atomic mass is 35.5. The molecule has 9 nitrogen and oxygen atoms in total. The van der Waals surface area contributed by atoms with E-state index in [9.17, 15) is 9.18 Å². The van der Waals surface area contributed by atoms with Crippen molar-refractivity contribution in [2.75, 3.05) is 55.8 Å². The molecule has 4 N–H and O–H groups in total. The van der Waals surface area contributed by atoms with Gasteiger partial charge in [0, 0.05) is 43.5 Å². The summed E-state index contributed by atoms with van der Waals surface area (Å²) in [6.07, 6.45) is 9.20. The fourth-order valence-corrected chi connectivity index (χ4v) is 4.60. The SMILES string of the molecule is C/C=C\NC(=C(C)CC)/C(=C\C)c1c(N)ncnc1NCC(=O)N1CCN(c2cc(OC)c(Cl)cc2F)CC1.CCC. The summed E-state index contributed by atoms with van der Waals surface area (Å²) in [6.45, 7) is 14.1. The van der Waals surface area contributed by atoms with Crippen molar-refractivity contribution < 1.29 is 13.9 Å². The number of halogens is 2. The van der Waals surface area contributed by atoms with Gasteiger partial charge in [-0.25, -0.2) is 14.4 Å². The first-order chi connectivity index (χ1) is 20.2. The Labute approximate surface area is 254 Å². The lowest BCUT2D eigenvalue weighted by Gasteiger charge is -2.36. The number of nitrogens with one attached hydrogen (secondary N) is 2. The molecule has 2 aromatic rings. The number of aromatic nitrogens is 2. The summed E-state index contributed by atoms with van der Waals surface area (Å²) >= 11 is 6.03. The topological polar surface area (TPSA) is 109 Å². The van der Waals surface area contributed by atoms with Gasteiger partial charge in [-0.1, -0.05) is 50.9 Å². The minimum atomic E-state index is -0.424.